The second-order valence-electron chi connectivity index (χ2n) is 2.94. The molecule has 1 fully saturated rings. The molecule has 0 N–H and O–H groups in total. The van der Waals surface area contributed by atoms with Gasteiger partial charge in [0, 0.05) is 0 Å². The molecule has 0 amide bonds. The normalized spacial score (nSPS) is 17.9. The Bertz CT molecular complexity index is 285. The van der Waals surface area contributed by atoms with Crippen molar-refractivity contribution in [1.82, 2.24) is 0 Å². The van der Waals surface area contributed by atoms with E-state index in [-0.39, 0.29) is 13.2 Å². The number of hydrogen-bond acceptors (Lipinski definition) is 3. The molecule has 0 aromatic rings. The zero-order chi connectivity index (χ0) is 15.5. The van der Waals surface area contributed by atoms with Crippen molar-refractivity contribution in [2.45, 2.75) is 18.2 Å². The summed E-state index contributed by atoms with van der Waals surface area (Å²) in [6.07, 6.45) is -11.6. The maximum absolute atomic E-state index is 11.6. The van der Waals surface area contributed by atoms with Crippen LogP contribution in [0.3, 0.4) is 0 Å². The van der Waals surface area contributed by atoms with Gasteiger partial charge in [-0.3, -0.25) is 4.79 Å². The Hall–Kier alpha value is -0.823. The average molecular weight is 324 g/mol. The van der Waals surface area contributed by atoms with Gasteiger partial charge in [0.05, 0.1) is 13.2 Å². The molecule has 0 unspecified atom stereocenters. The number of Topliss-reactive ketones (excluding diaryl/α,β-unsaturated/α-hetero) is 1. The van der Waals surface area contributed by atoms with Crippen LogP contribution in [0.2, 0.25) is 0 Å². The molecular weight excluding hydrogens is 319 g/mol. The lowest BCUT2D eigenvalue weighted by Crippen LogP contribution is -2.36. The fourth-order valence-corrected chi connectivity index (χ4v) is 1.80. The highest BCUT2D eigenvalue weighted by molar-refractivity contribution is 6.47. The highest BCUT2D eigenvalue weighted by atomic mass is 28.3. The molecule has 114 valence electrons. The first-order valence-corrected chi connectivity index (χ1v) is 5.76. The summed E-state index contributed by atoms with van der Waals surface area (Å²) in [4.78, 5) is 9.24. The zero-order valence-electron chi connectivity index (χ0n) is 8.62. The Morgan fingerprint density at radius 2 is 1.11 bits per heavy atom. The van der Waals surface area contributed by atoms with Crippen LogP contribution in [0, 0.1) is 0 Å². The van der Waals surface area contributed by atoms with Crippen molar-refractivity contribution in [1.29, 1.82) is 0 Å². The minimum atomic E-state index is -5.82. The number of hydrogen-bond donors (Lipinski definition) is 0. The summed E-state index contributed by atoms with van der Waals surface area (Å²) >= 11 is 0. The van der Waals surface area contributed by atoms with Crippen molar-refractivity contribution < 1.29 is 53.2 Å². The highest BCUT2D eigenvalue weighted by Gasteiger charge is 2.55. The van der Waals surface area contributed by atoms with Crippen LogP contribution in [0.25, 0.3) is 0 Å². The fraction of sp³-hybridized carbons (Fsp3) is 0.833. The summed E-state index contributed by atoms with van der Waals surface area (Å²) in [7, 11) is -3.27. The Kier molecular flexibility index (Phi) is 5.82. The first-order valence-electron chi connectivity index (χ1n) is 4.24. The lowest BCUT2D eigenvalue weighted by Gasteiger charge is -2.08. The van der Waals surface area contributed by atoms with Crippen LogP contribution in [0.1, 0.15) is 0 Å². The van der Waals surface area contributed by atoms with E-state index in [0.717, 1.165) is 0 Å². The summed E-state index contributed by atoms with van der Waals surface area (Å²) in [5.74, 6) is -7.91. The first kappa shape index (κ1) is 18.2. The molecule has 1 heterocycles. The van der Waals surface area contributed by atoms with Crippen LogP contribution in [-0.2, 0) is 13.6 Å². The van der Waals surface area contributed by atoms with E-state index in [1.54, 1.807) is 0 Å². The van der Waals surface area contributed by atoms with Gasteiger partial charge in [-0.25, -0.2) is 0 Å². The van der Waals surface area contributed by atoms with Gasteiger partial charge in [0.1, 0.15) is 0 Å². The second-order valence-corrected chi connectivity index (χ2v) is 4.92. The first-order chi connectivity index (χ1) is 8.26. The van der Waals surface area contributed by atoms with Gasteiger partial charge in [0.15, 0.2) is 0 Å². The van der Waals surface area contributed by atoms with E-state index in [0.29, 0.717) is 0 Å². The van der Waals surface area contributed by atoms with Gasteiger partial charge in [-0.2, -0.15) is 39.5 Å². The number of carbonyl (C=O) groups excluding carboxylic acids is 1. The minimum absolute atomic E-state index is 0.0936. The van der Waals surface area contributed by atoms with E-state index in [2.05, 4.69) is 8.85 Å². The molecule has 0 aromatic carbocycles. The molecule has 1 aliphatic heterocycles. The predicted octanol–water partition coefficient (Wildman–Crippen LogP) is 2.04. The Balaban J connectivity index is 0.000000342. The van der Waals surface area contributed by atoms with Crippen molar-refractivity contribution in [3.05, 3.63) is 0 Å². The summed E-state index contributed by atoms with van der Waals surface area (Å²) in [5, 5.41) is 0. The summed E-state index contributed by atoms with van der Waals surface area (Å²) in [5.41, 5.74) is 0. The minimum Gasteiger partial charge on any atom is -0.389 e. The van der Waals surface area contributed by atoms with E-state index in [1.165, 1.54) is 0 Å². The molecule has 0 spiro atoms. The third-order valence-electron chi connectivity index (χ3n) is 1.40. The smallest absolute Gasteiger partial charge is 0.389 e. The van der Waals surface area contributed by atoms with Crippen LogP contribution >= 0.6 is 0 Å². The molecule has 0 aromatic heterocycles. The molecule has 0 bridgehead atoms. The maximum atomic E-state index is 11.6. The Morgan fingerprint density at radius 3 is 1.21 bits per heavy atom. The topological polar surface area (TPSA) is 35.5 Å². The van der Waals surface area contributed by atoms with Crippen molar-refractivity contribution in [2.24, 2.45) is 0 Å². The summed E-state index contributed by atoms with van der Waals surface area (Å²) in [6.45, 7) is 0.187. The van der Waals surface area contributed by atoms with Gasteiger partial charge in [0.25, 0.3) is 0 Å². The van der Waals surface area contributed by atoms with Crippen LogP contribution < -0.4 is 0 Å². The highest BCUT2D eigenvalue weighted by Crippen LogP contribution is 2.28. The monoisotopic (exact) mass is 324 g/mol. The van der Waals surface area contributed by atoms with E-state index < -0.39 is 33.2 Å². The van der Waals surface area contributed by atoms with E-state index in [4.69, 9.17) is 0 Å². The van der Waals surface area contributed by atoms with Crippen LogP contribution in [0.4, 0.5) is 39.5 Å². The molecule has 0 saturated carbocycles. The van der Waals surface area contributed by atoms with Crippen molar-refractivity contribution in [3.8, 4) is 0 Å². The molecular formula is C6H5F9O3Si. The predicted molar refractivity (Wildman–Crippen MR) is 42.2 cm³/mol. The lowest BCUT2D eigenvalue weighted by atomic mass is 10.4. The van der Waals surface area contributed by atoms with Gasteiger partial charge in [-0.15, -0.1) is 0 Å². The molecule has 0 radical (unpaired) electrons. The van der Waals surface area contributed by atoms with Crippen molar-refractivity contribution in [3.63, 3.8) is 0 Å². The molecule has 3 nitrogen and oxygen atoms in total. The second kappa shape index (κ2) is 6.09. The number of carbonyl (C=O) groups is 1. The number of ketones is 1. The summed E-state index contributed by atoms with van der Waals surface area (Å²) < 4.78 is 109. The largest absolute Gasteiger partial charge is 0.459 e. The molecule has 13 heteroatoms. The maximum Gasteiger partial charge on any atom is 0.459 e. The average Bonchev–Trinajstić information content (AvgIpc) is 2.66. The fourth-order valence-electron chi connectivity index (χ4n) is 0.708. The van der Waals surface area contributed by atoms with Crippen molar-refractivity contribution in [2.75, 3.05) is 13.2 Å². The van der Waals surface area contributed by atoms with Gasteiger partial charge < -0.3 is 8.85 Å². The van der Waals surface area contributed by atoms with Crippen LogP contribution in [0.5, 0.6) is 0 Å². The molecule has 1 rings (SSSR count). The van der Waals surface area contributed by atoms with Gasteiger partial charge in [-0.05, 0) is 0 Å². The van der Waals surface area contributed by atoms with Crippen LogP contribution in [-0.4, -0.2) is 46.4 Å². The quantitative estimate of drug-likeness (QED) is 0.505. The third kappa shape index (κ3) is 6.77. The molecule has 1 aliphatic rings. The Labute approximate surface area is 101 Å². The number of halogens is 9. The molecule has 0 atom stereocenters. The SMILES string of the molecule is FC(F)(F)[SiH]1OCCO1.O=C(C(F)(F)F)C(F)(F)F. The molecule has 1 saturated heterocycles. The van der Waals surface area contributed by atoms with Gasteiger partial charge >= 0.3 is 33.2 Å². The Morgan fingerprint density at radius 1 is 0.789 bits per heavy atom. The van der Waals surface area contributed by atoms with Gasteiger partial charge in [0.2, 0.25) is 0 Å². The zero-order valence-corrected chi connectivity index (χ0v) is 9.77. The van der Waals surface area contributed by atoms with E-state index >= 15 is 0 Å². The van der Waals surface area contributed by atoms with E-state index in [1.807, 2.05) is 0 Å². The number of alkyl halides is 9. The van der Waals surface area contributed by atoms with E-state index in [9.17, 15) is 44.3 Å². The summed E-state index contributed by atoms with van der Waals surface area (Å²) in [6, 6.07) is 0. The third-order valence-corrected chi connectivity index (χ3v) is 3.02. The molecule has 0 aliphatic carbocycles. The number of rotatable bonds is 0. The lowest BCUT2D eigenvalue weighted by molar-refractivity contribution is -0.217. The van der Waals surface area contributed by atoms with Gasteiger partial charge in [-0.1, -0.05) is 0 Å². The van der Waals surface area contributed by atoms with Crippen LogP contribution in [0.15, 0.2) is 0 Å². The van der Waals surface area contributed by atoms with Crippen molar-refractivity contribution >= 4 is 15.1 Å². The standard InChI is InChI=1S/C3F6O.C3H5F3O2Si/c4-2(5,6)1(10)3(7,8)9;4-3(5,6)9-7-1-2-8-9/h;9H,1-2H2. The molecule has 19 heavy (non-hydrogen) atoms.